The largest absolute Gasteiger partial charge is 0.396 e. The summed E-state index contributed by atoms with van der Waals surface area (Å²) in [6, 6.07) is 7.47. The van der Waals surface area contributed by atoms with Crippen LogP contribution in [0.2, 0.25) is 0 Å². The molecule has 0 bridgehead atoms. The summed E-state index contributed by atoms with van der Waals surface area (Å²) in [7, 11) is 3.88. The number of amides is 2. The summed E-state index contributed by atoms with van der Waals surface area (Å²) < 4.78 is 0. The minimum absolute atomic E-state index is 0.0876. The van der Waals surface area contributed by atoms with Gasteiger partial charge in [-0.2, -0.15) is 0 Å². The molecule has 1 rings (SSSR count). The van der Waals surface area contributed by atoms with E-state index < -0.39 is 0 Å². The van der Waals surface area contributed by atoms with E-state index in [4.69, 9.17) is 0 Å². The molecule has 0 radical (unpaired) electrons. The number of anilines is 2. The van der Waals surface area contributed by atoms with Gasteiger partial charge in [-0.1, -0.05) is 26.0 Å². The highest BCUT2D eigenvalue weighted by Gasteiger charge is 2.15. The van der Waals surface area contributed by atoms with Gasteiger partial charge in [-0.05, 0) is 30.4 Å². The average Bonchev–Trinajstić information content (AvgIpc) is 2.44. The lowest BCUT2D eigenvalue weighted by Gasteiger charge is -2.21. The number of carbonyl (C=O) groups is 1. The first-order valence-electron chi connectivity index (χ1n) is 7.28. The Balaban J connectivity index is 2.41. The Kier molecular flexibility index (Phi) is 6.49. The van der Waals surface area contributed by atoms with E-state index >= 15 is 0 Å². The topological polar surface area (TPSA) is 64.6 Å². The molecule has 0 aliphatic heterocycles. The van der Waals surface area contributed by atoms with Gasteiger partial charge in [0.25, 0.3) is 0 Å². The number of nitrogens with zero attached hydrogens (tertiary/aromatic N) is 1. The van der Waals surface area contributed by atoms with E-state index in [9.17, 15) is 9.90 Å². The highest BCUT2D eigenvalue weighted by atomic mass is 16.3. The number of hydrogen-bond donors (Lipinski definition) is 3. The molecule has 0 aliphatic carbocycles. The molecule has 0 aromatic heterocycles. The standard InChI is InChI=1S/C16H27N3O2/c1-16(2,12-20)10-7-11-17-15(21)18-13-8-5-6-9-14(13)19(3)4/h5-6,8-9,20H,7,10-12H2,1-4H3,(H2,17,18,21). The van der Waals surface area contributed by atoms with Crippen LogP contribution in [0.4, 0.5) is 16.2 Å². The third-order valence-corrected chi connectivity index (χ3v) is 3.38. The molecule has 0 spiro atoms. The number of aliphatic hydroxyl groups is 1. The smallest absolute Gasteiger partial charge is 0.319 e. The van der Waals surface area contributed by atoms with Crippen LogP contribution in [-0.2, 0) is 0 Å². The molecule has 0 saturated heterocycles. The Bertz CT molecular complexity index is 459. The molecule has 0 saturated carbocycles. The third-order valence-electron chi connectivity index (χ3n) is 3.38. The maximum Gasteiger partial charge on any atom is 0.319 e. The zero-order valence-electron chi connectivity index (χ0n) is 13.4. The maximum absolute atomic E-state index is 11.9. The van der Waals surface area contributed by atoms with Crippen molar-refractivity contribution in [3.05, 3.63) is 24.3 Å². The molecule has 1 aromatic rings. The predicted octanol–water partition coefficient (Wildman–Crippen LogP) is 2.67. The van der Waals surface area contributed by atoms with Gasteiger partial charge in [0, 0.05) is 27.2 Å². The van der Waals surface area contributed by atoms with Crippen LogP contribution >= 0.6 is 0 Å². The number of urea groups is 1. The van der Waals surface area contributed by atoms with E-state index in [2.05, 4.69) is 10.6 Å². The molecule has 5 nitrogen and oxygen atoms in total. The lowest BCUT2D eigenvalue weighted by molar-refractivity contribution is 0.148. The number of hydrogen-bond acceptors (Lipinski definition) is 3. The lowest BCUT2D eigenvalue weighted by Crippen LogP contribution is -2.31. The highest BCUT2D eigenvalue weighted by Crippen LogP contribution is 2.23. The number of para-hydroxylation sites is 2. The van der Waals surface area contributed by atoms with Gasteiger partial charge in [0.05, 0.1) is 11.4 Å². The van der Waals surface area contributed by atoms with Gasteiger partial charge in [-0.15, -0.1) is 0 Å². The molecule has 5 heteroatoms. The molecule has 0 fully saturated rings. The summed E-state index contributed by atoms with van der Waals surface area (Å²) in [4.78, 5) is 13.8. The average molecular weight is 293 g/mol. The molecule has 2 amide bonds. The number of rotatable bonds is 7. The molecule has 1 aromatic carbocycles. The van der Waals surface area contributed by atoms with Crippen molar-refractivity contribution in [3.8, 4) is 0 Å². The van der Waals surface area contributed by atoms with Gasteiger partial charge in [-0.3, -0.25) is 0 Å². The summed E-state index contributed by atoms with van der Waals surface area (Å²) >= 11 is 0. The highest BCUT2D eigenvalue weighted by molar-refractivity contribution is 5.93. The van der Waals surface area contributed by atoms with Gasteiger partial charge in [0.15, 0.2) is 0 Å². The second kappa shape index (κ2) is 7.88. The maximum atomic E-state index is 11.9. The molecule has 21 heavy (non-hydrogen) atoms. The summed E-state index contributed by atoms with van der Waals surface area (Å²) in [6.45, 7) is 4.79. The van der Waals surface area contributed by atoms with E-state index in [1.165, 1.54) is 0 Å². The quantitative estimate of drug-likeness (QED) is 0.677. The van der Waals surface area contributed by atoms with Crippen LogP contribution < -0.4 is 15.5 Å². The van der Waals surface area contributed by atoms with Gasteiger partial charge >= 0.3 is 6.03 Å². The Hall–Kier alpha value is -1.75. The summed E-state index contributed by atoms with van der Waals surface area (Å²) in [5.41, 5.74) is 1.67. The van der Waals surface area contributed by atoms with Crippen LogP contribution in [0.15, 0.2) is 24.3 Å². The first kappa shape index (κ1) is 17.3. The zero-order valence-corrected chi connectivity index (χ0v) is 13.4. The van der Waals surface area contributed by atoms with Crippen LogP contribution in [0.25, 0.3) is 0 Å². The van der Waals surface area contributed by atoms with E-state index in [0.29, 0.717) is 6.54 Å². The van der Waals surface area contributed by atoms with Crippen LogP contribution in [0, 0.1) is 5.41 Å². The molecular formula is C16H27N3O2. The van der Waals surface area contributed by atoms with Crippen molar-refractivity contribution in [2.45, 2.75) is 26.7 Å². The second-order valence-corrected chi connectivity index (χ2v) is 6.22. The summed E-state index contributed by atoms with van der Waals surface area (Å²) in [6.07, 6.45) is 1.72. The SMILES string of the molecule is CN(C)c1ccccc1NC(=O)NCCCC(C)(C)CO. The molecule has 0 unspecified atom stereocenters. The predicted molar refractivity (Wildman–Crippen MR) is 87.9 cm³/mol. The molecule has 0 heterocycles. The van der Waals surface area contributed by atoms with Crippen molar-refractivity contribution < 1.29 is 9.90 Å². The molecule has 0 aliphatic rings. The van der Waals surface area contributed by atoms with E-state index in [1.807, 2.05) is 57.1 Å². The first-order valence-corrected chi connectivity index (χ1v) is 7.28. The number of aliphatic hydroxyl groups excluding tert-OH is 1. The summed E-state index contributed by atoms with van der Waals surface area (Å²) in [5, 5.41) is 14.9. The zero-order chi connectivity index (χ0) is 15.9. The van der Waals surface area contributed by atoms with Crippen LogP contribution in [-0.4, -0.2) is 38.4 Å². The van der Waals surface area contributed by atoms with Crippen LogP contribution in [0.3, 0.4) is 0 Å². The monoisotopic (exact) mass is 293 g/mol. The van der Waals surface area contributed by atoms with Crippen molar-refractivity contribution in [1.29, 1.82) is 0 Å². The Labute approximate surface area is 127 Å². The van der Waals surface area contributed by atoms with Crippen LogP contribution in [0.5, 0.6) is 0 Å². The fourth-order valence-electron chi connectivity index (χ4n) is 1.98. The Morgan fingerprint density at radius 1 is 1.29 bits per heavy atom. The van der Waals surface area contributed by atoms with Crippen LogP contribution in [0.1, 0.15) is 26.7 Å². The van der Waals surface area contributed by atoms with E-state index in [1.54, 1.807) is 0 Å². The Morgan fingerprint density at radius 2 is 1.95 bits per heavy atom. The van der Waals surface area contributed by atoms with E-state index in [-0.39, 0.29) is 18.1 Å². The van der Waals surface area contributed by atoms with Gasteiger partial charge < -0.3 is 20.6 Å². The van der Waals surface area contributed by atoms with Crippen molar-refractivity contribution in [1.82, 2.24) is 5.32 Å². The van der Waals surface area contributed by atoms with Gasteiger partial charge in [-0.25, -0.2) is 4.79 Å². The van der Waals surface area contributed by atoms with Crippen molar-refractivity contribution in [2.24, 2.45) is 5.41 Å². The number of carbonyl (C=O) groups excluding carboxylic acids is 1. The van der Waals surface area contributed by atoms with Crippen molar-refractivity contribution in [3.63, 3.8) is 0 Å². The minimum Gasteiger partial charge on any atom is -0.396 e. The molecule has 0 atom stereocenters. The minimum atomic E-state index is -0.203. The van der Waals surface area contributed by atoms with Crippen molar-refractivity contribution >= 4 is 17.4 Å². The van der Waals surface area contributed by atoms with Crippen molar-refractivity contribution in [2.75, 3.05) is 37.5 Å². The summed E-state index contributed by atoms with van der Waals surface area (Å²) in [5.74, 6) is 0. The lowest BCUT2D eigenvalue weighted by atomic mass is 9.89. The third kappa shape index (κ3) is 6.04. The molecular weight excluding hydrogens is 266 g/mol. The fraction of sp³-hybridized carbons (Fsp3) is 0.562. The second-order valence-electron chi connectivity index (χ2n) is 6.22. The first-order chi connectivity index (χ1) is 9.85. The fourth-order valence-corrected chi connectivity index (χ4v) is 1.98. The molecule has 3 N–H and O–H groups in total. The Morgan fingerprint density at radius 3 is 2.57 bits per heavy atom. The normalized spacial score (nSPS) is 11.1. The van der Waals surface area contributed by atoms with Gasteiger partial charge in [0.2, 0.25) is 0 Å². The number of benzene rings is 1. The molecule has 118 valence electrons. The number of nitrogens with one attached hydrogen (secondary N) is 2. The van der Waals surface area contributed by atoms with E-state index in [0.717, 1.165) is 24.2 Å². The van der Waals surface area contributed by atoms with Gasteiger partial charge in [0.1, 0.15) is 0 Å².